The van der Waals surface area contributed by atoms with E-state index in [9.17, 15) is 0 Å². The maximum atomic E-state index is 4.76. The molecule has 0 atom stereocenters. The summed E-state index contributed by atoms with van der Waals surface area (Å²) >= 11 is 0. The molecule has 0 unspecified atom stereocenters. The Balaban J connectivity index is 2.45. The molecule has 0 saturated carbocycles. The molecule has 0 aliphatic rings. The topological polar surface area (TPSA) is 9.23 Å². The molecule has 0 aromatic carbocycles. The predicted molar refractivity (Wildman–Crippen MR) is 30.8 cm³/mol. The van der Waals surface area contributed by atoms with E-state index in [0.717, 1.165) is 19.4 Å². The van der Waals surface area contributed by atoms with Crippen LogP contribution in [0.15, 0.2) is 0 Å². The van der Waals surface area contributed by atoms with Crippen LogP contribution < -0.4 is 0 Å². The first-order valence-corrected chi connectivity index (χ1v) is 2.51. The van der Waals surface area contributed by atoms with Gasteiger partial charge >= 0.3 is 0 Å². The molecule has 0 N–H and O–H groups in total. The second kappa shape index (κ2) is 5.96. The molecule has 7 heavy (non-hydrogen) atoms. The van der Waals surface area contributed by atoms with Crippen LogP contribution >= 0.6 is 0 Å². The van der Waals surface area contributed by atoms with E-state index in [4.69, 9.17) is 4.74 Å². The van der Waals surface area contributed by atoms with Gasteiger partial charge in [0.05, 0.1) is 0 Å². The number of hydrogen-bond donors (Lipinski definition) is 0. The Hall–Kier alpha value is -0.0400. The van der Waals surface area contributed by atoms with Gasteiger partial charge < -0.3 is 4.74 Å². The second-order valence-electron chi connectivity index (χ2n) is 1.39. The maximum Gasteiger partial charge on any atom is 0.0493 e. The molecule has 0 aliphatic heterocycles. The minimum atomic E-state index is 0.759. The van der Waals surface area contributed by atoms with Gasteiger partial charge in [-0.2, -0.15) is 0 Å². The van der Waals surface area contributed by atoms with Gasteiger partial charge in [-0.3, -0.25) is 0 Å². The van der Waals surface area contributed by atoms with Gasteiger partial charge in [-0.25, -0.2) is 0 Å². The van der Waals surface area contributed by atoms with Crippen LogP contribution in [0.4, 0.5) is 0 Å². The van der Waals surface area contributed by atoms with Gasteiger partial charge in [0.15, 0.2) is 0 Å². The molecule has 2 radical (unpaired) electrons. The summed E-state index contributed by atoms with van der Waals surface area (Å²) in [6.07, 6.45) is 4.12. The first kappa shape index (κ1) is 6.96. The lowest BCUT2D eigenvalue weighted by Crippen LogP contribution is -1.87. The largest absolute Gasteiger partial charge is 0.384 e. The predicted octanol–water partition coefficient (Wildman–Crippen LogP) is 1.45. The van der Waals surface area contributed by atoms with Crippen molar-refractivity contribution in [2.75, 3.05) is 13.7 Å². The summed E-state index contributed by atoms with van der Waals surface area (Å²) in [5, 5.41) is 0. The third-order valence-corrected chi connectivity index (χ3v) is 0.693. The summed E-state index contributed by atoms with van der Waals surface area (Å²) in [5.74, 6) is 0. The highest BCUT2D eigenvalue weighted by atomic mass is 16.5. The summed E-state index contributed by atoms with van der Waals surface area (Å²) in [4.78, 5) is 0. The highest BCUT2D eigenvalue weighted by molar-refractivity contribution is 4.62. The van der Waals surface area contributed by atoms with Crippen LogP contribution in [-0.2, 0) is 4.74 Å². The molecule has 0 amide bonds. The normalized spacial score (nSPS) is 9.43. The van der Waals surface area contributed by atoms with E-state index in [1.54, 1.807) is 7.11 Å². The molecule has 0 saturated heterocycles. The molecule has 0 heterocycles. The SMILES string of the molecule is [CH2]CC[CH]COC. The standard InChI is InChI=1S/C6H12O/c1-3-4-5-6-7-2/h5H,1,3-4,6H2,2H3. The van der Waals surface area contributed by atoms with E-state index in [2.05, 4.69) is 13.3 Å². The van der Waals surface area contributed by atoms with Crippen LogP contribution in [0.5, 0.6) is 0 Å². The zero-order valence-corrected chi connectivity index (χ0v) is 4.81. The minimum absolute atomic E-state index is 0.759. The van der Waals surface area contributed by atoms with Gasteiger partial charge in [-0.05, 0) is 12.8 Å². The lowest BCUT2D eigenvalue weighted by atomic mass is 10.3. The van der Waals surface area contributed by atoms with E-state index in [1.807, 2.05) is 0 Å². The molecule has 1 heteroatoms. The van der Waals surface area contributed by atoms with Gasteiger partial charge in [0.25, 0.3) is 0 Å². The molecular weight excluding hydrogens is 88.1 g/mol. The molecule has 1 nitrogen and oxygen atoms in total. The monoisotopic (exact) mass is 100 g/mol. The molecule has 0 rings (SSSR count). The van der Waals surface area contributed by atoms with Crippen molar-refractivity contribution in [3.63, 3.8) is 0 Å². The van der Waals surface area contributed by atoms with E-state index in [0.29, 0.717) is 0 Å². The van der Waals surface area contributed by atoms with E-state index >= 15 is 0 Å². The first-order chi connectivity index (χ1) is 3.41. The van der Waals surface area contributed by atoms with Crippen molar-refractivity contribution in [2.24, 2.45) is 0 Å². The van der Waals surface area contributed by atoms with Crippen LogP contribution in [-0.4, -0.2) is 13.7 Å². The minimum Gasteiger partial charge on any atom is -0.384 e. The van der Waals surface area contributed by atoms with Crippen LogP contribution in [0, 0.1) is 13.3 Å². The molecule has 42 valence electrons. The number of rotatable bonds is 4. The van der Waals surface area contributed by atoms with Gasteiger partial charge in [-0.1, -0.05) is 13.3 Å². The summed E-state index contributed by atoms with van der Waals surface area (Å²) in [5.41, 5.74) is 0. The molecule has 0 fully saturated rings. The van der Waals surface area contributed by atoms with Gasteiger partial charge in [0.1, 0.15) is 0 Å². The number of ether oxygens (including phenoxy) is 1. The maximum absolute atomic E-state index is 4.76. The third-order valence-electron chi connectivity index (χ3n) is 0.693. The van der Waals surface area contributed by atoms with Crippen molar-refractivity contribution in [2.45, 2.75) is 12.8 Å². The van der Waals surface area contributed by atoms with Gasteiger partial charge in [0.2, 0.25) is 0 Å². The average Bonchev–Trinajstić information content (AvgIpc) is 1.69. The summed E-state index contributed by atoms with van der Waals surface area (Å²) < 4.78 is 4.76. The number of unbranched alkanes of at least 4 members (excludes halogenated alkanes) is 2. The van der Waals surface area contributed by atoms with Crippen molar-refractivity contribution in [3.05, 3.63) is 13.3 Å². The highest BCUT2D eigenvalue weighted by Gasteiger charge is 1.80. The fraction of sp³-hybridized carbons (Fsp3) is 0.667. The fourth-order valence-electron chi connectivity index (χ4n) is 0.346. The fourth-order valence-corrected chi connectivity index (χ4v) is 0.346. The zero-order valence-electron chi connectivity index (χ0n) is 4.81. The molecule has 0 aromatic rings. The smallest absolute Gasteiger partial charge is 0.0493 e. The third kappa shape index (κ3) is 5.96. The molecule has 0 aliphatic carbocycles. The average molecular weight is 100 g/mol. The van der Waals surface area contributed by atoms with Crippen LogP contribution in [0.25, 0.3) is 0 Å². The Morgan fingerprint density at radius 2 is 2.43 bits per heavy atom. The van der Waals surface area contributed by atoms with Gasteiger partial charge in [0, 0.05) is 13.7 Å². The van der Waals surface area contributed by atoms with Gasteiger partial charge in [-0.15, -0.1) is 0 Å². The lowest BCUT2D eigenvalue weighted by molar-refractivity contribution is 0.220. The molecular formula is C6H12O. The quantitative estimate of drug-likeness (QED) is 0.486. The number of methoxy groups -OCH3 is 1. The summed E-state index contributed by atoms with van der Waals surface area (Å²) in [6, 6.07) is 0. The van der Waals surface area contributed by atoms with Crippen molar-refractivity contribution in [3.8, 4) is 0 Å². The second-order valence-corrected chi connectivity index (χ2v) is 1.39. The van der Waals surface area contributed by atoms with Crippen LogP contribution in [0.3, 0.4) is 0 Å². The van der Waals surface area contributed by atoms with E-state index in [-0.39, 0.29) is 0 Å². The molecule has 0 bridgehead atoms. The Labute approximate surface area is 45.7 Å². The molecule has 0 aromatic heterocycles. The Morgan fingerprint density at radius 3 is 2.86 bits per heavy atom. The Morgan fingerprint density at radius 1 is 1.71 bits per heavy atom. The van der Waals surface area contributed by atoms with E-state index in [1.165, 1.54) is 0 Å². The summed E-state index contributed by atoms with van der Waals surface area (Å²) in [6.45, 7) is 4.43. The van der Waals surface area contributed by atoms with Crippen LogP contribution in [0.1, 0.15) is 12.8 Å². The van der Waals surface area contributed by atoms with Crippen molar-refractivity contribution < 1.29 is 4.74 Å². The molecule has 0 spiro atoms. The first-order valence-electron chi connectivity index (χ1n) is 2.51. The number of hydrogen-bond acceptors (Lipinski definition) is 1. The Kier molecular flexibility index (Phi) is 5.93. The van der Waals surface area contributed by atoms with Crippen LogP contribution in [0.2, 0.25) is 0 Å². The summed E-state index contributed by atoms with van der Waals surface area (Å²) in [7, 11) is 1.69. The van der Waals surface area contributed by atoms with Crippen molar-refractivity contribution >= 4 is 0 Å². The van der Waals surface area contributed by atoms with Crippen molar-refractivity contribution in [1.82, 2.24) is 0 Å². The highest BCUT2D eigenvalue weighted by Crippen LogP contribution is 1.89. The zero-order chi connectivity index (χ0) is 5.54. The lowest BCUT2D eigenvalue weighted by Gasteiger charge is -1.92. The van der Waals surface area contributed by atoms with Crippen molar-refractivity contribution in [1.29, 1.82) is 0 Å². The van der Waals surface area contributed by atoms with E-state index < -0.39 is 0 Å². The Bertz CT molecular complexity index is 23.4.